The lowest BCUT2D eigenvalue weighted by Crippen LogP contribution is -2.10. The van der Waals surface area contributed by atoms with Crippen molar-refractivity contribution < 1.29 is 19.0 Å². The zero-order valence-electron chi connectivity index (χ0n) is 23.1. The number of hydrogen-bond donors (Lipinski definition) is 1. The summed E-state index contributed by atoms with van der Waals surface area (Å²) in [6.07, 6.45) is 2.83. The first-order valence-corrected chi connectivity index (χ1v) is 13.5. The topological polar surface area (TPSA) is 101 Å². The number of pyridine rings is 1. The Kier molecular flexibility index (Phi) is 8.26. The molecule has 2 aromatic heterocycles. The molecule has 0 radical (unpaired) electrons. The third-order valence-corrected chi connectivity index (χ3v) is 6.86. The van der Waals surface area contributed by atoms with Gasteiger partial charge in [0, 0.05) is 36.2 Å². The summed E-state index contributed by atoms with van der Waals surface area (Å²) in [6.45, 7) is 5.75. The highest BCUT2D eigenvalue weighted by Crippen LogP contribution is 2.34. The molecule has 0 aliphatic carbocycles. The van der Waals surface area contributed by atoms with Crippen LogP contribution in [0.3, 0.4) is 0 Å². The van der Waals surface area contributed by atoms with Crippen molar-refractivity contribution in [2.24, 2.45) is 0 Å². The molecule has 8 nitrogen and oxygen atoms in total. The first-order chi connectivity index (χ1) is 19.5. The fourth-order valence-corrected chi connectivity index (χ4v) is 5.03. The maximum atomic E-state index is 12.3. The monoisotopic (exact) mass is 538 g/mol. The number of carbonyl (C=O) groups is 1. The second-order valence-corrected chi connectivity index (χ2v) is 9.64. The molecule has 0 unspecified atom stereocenters. The number of fused-ring (bicyclic) bond motifs is 2. The lowest BCUT2D eigenvalue weighted by Gasteiger charge is -2.13. The average molecular weight is 539 g/mol. The van der Waals surface area contributed by atoms with Gasteiger partial charge in [-0.15, -0.1) is 0 Å². The molecule has 40 heavy (non-hydrogen) atoms. The van der Waals surface area contributed by atoms with E-state index in [1.54, 1.807) is 20.2 Å². The Bertz CT molecular complexity index is 1660. The maximum Gasteiger partial charge on any atom is 0.310 e. The summed E-state index contributed by atoms with van der Waals surface area (Å²) in [5.74, 6) is 0.841. The first kappa shape index (κ1) is 27.1. The van der Waals surface area contributed by atoms with E-state index >= 15 is 0 Å². The molecule has 0 aliphatic heterocycles. The highest BCUT2D eigenvalue weighted by Gasteiger charge is 2.16. The minimum atomic E-state index is -0.292. The SMILES string of the molecule is CCCn1nc(COc2cc(COC)ccc2CC(=O)OCC)c2cc(-c3cccc4c(N)nccc34)ccc21. The van der Waals surface area contributed by atoms with Crippen LogP contribution >= 0.6 is 0 Å². The molecule has 2 N–H and O–H groups in total. The predicted octanol–water partition coefficient (Wildman–Crippen LogP) is 6.07. The Balaban J connectivity index is 1.53. The minimum absolute atomic E-state index is 0.130. The zero-order chi connectivity index (χ0) is 28.1. The number of carbonyl (C=O) groups excluding carboxylic acids is 1. The molecule has 0 atom stereocenters. The average Bonchev–Trinajstić information content (AvgIpc) is 3.30. The molecular formula is C32H34N4O4. The van der Waals surface area contributed by atoms with Crippen molar-refractivity contribution in [1.29, 1.82) is 0 Å². The number of rotatable bonds is 11. The molecule has 206 valence electrons. The van der Waals surface area contributed by atoms with Crippen molar-refractivity contribution in [3.63, 3.8) is 0 Å². The van der Waals surface area contributed by atoms with Gasteiger partial charge in [-0.05, 0) is 59.7 Å². The third-order valence-electron chi connectivity index (χ3n) is 6.86. The van der Waals surface area contributed by atoms with Crippen LogP contribution in [0.25, 0.3) is 32.8 Å². The third kappa shape index (κ3) is 5.62. The van der Waals surface area contributed by atoms with E-state index in [0.29, 0.717) is 24.8 Å². The molecule has 0 bridgehead atoms. The van der Waals surface area contributed by atoms with Gasteiger partial charge in [0.1, 0.15) is 23.9 Å². The second kappa shape index (κ2) is 12.2. The molecule has 0 saturated carbocycles. The van der Waals surface area contributed by atoms with Crippen LogP contribution in [0.1, 0.15) is 37.1 Å². The van der Waals surface area contributed by atoms with Crippen LogP contribution in [-0.4, -0.2) is 34.5 Å². The Morgan fingerprint density at radius 2 is 1.85 bits per heavy atom. The summed E-state index contributed by atoms with van der Waals surface area (Å²) in [4.78, 5) is 16.5. The van der Waals surface area contributed by atoms with Crippen molar-refractivity contribution in [3.05, 3.63) is 83.7 Å². The van der Waals surface area contributed by atoms with Gasteiger partial charge in [0.05, 0.1) is 25.2 Å². The number of benzene rings is 3. The van der Waals surface area contributed by atoms with E-state index in [2.05, 4.69) is 36.2 Å². The molecule has 2 heterocycles. The van der Waals surface area contributed by atoms with E-state index in [4.69, 9.17) is 25.0 Å². The number of anilines is 1. The lowest BCUT2D eigenvalue weighted by atomic mass is 9.97. The number of nitrogen functional groups attached to an aromatic ring is 1. The number of nitrogens with two attached hydrogens (primary N) is 1. The van der Waals surface area contributed by atoms with Crippen LogP contribution in [0.4, 0.5) is 5.82 Å². The Morgan fingerprint density at radius 1 is 0.975 bits per heavy atom. The van der Waals surface area contributed by atoms with Crippen LogP contribution in [0.2, 0.25) is 0 Å². The number of hydrogen-bond acceptors (Lipinski definition) is 7. The first-order valence-electron chi connectivity index (χ1n) is 13.5. The van der Waals surface area contributed by atoms with Gasteiger partial charge in [-0.1, -0.05) is 43.3 Å². The number of aromatic nitrogens is 3. The van der Waals surface area contributed by atoms with Crippen molar-refractivity contribution >= 4 is 33.5 Å². The second-order valence-electron chi connectivity index (χ2n) is 9.64. The number of nitrogens with zero attached hydrogens (tertiary/aromatic N) is 3. The van der Waals surface area contributed by atoms with Crippen LogP contribution in [0.5, 0.6) is 5.75 Å². The van der Waals surface area contributed by atoms with E-state index in [1.807, 2.05) is 41.1 Å². The van der Waals surface area contributed by atoms with Gasteiger partial charge < -0.3 is 19.9 Å². The zero-order valence-corrected chi connectivity index (χ0v) is 23.1. The van der Waals surface area contributed by atoms with Gasteiger partial charge in [0.15, 0.2) is 0 Å². The normalized spacial score (nSPS) is 11.3. The maximum absolute atomic E-state index is 12.3. The standard InChI is InChI=1S/C32H34N4O4/c1-4-15-36-29-12-11-22(24-7-6-8-26-25(24)13-14-34-32(26)33)17-27(29)28(35-36)20-40-30-16-21(19-38-3)9-10-23(30)18-31(37)39-5-2/h6-14,16-17H,4-5,15,18-20H2,1-3H3,(H2,33,34). The highest BCUT2D eigenvalue weighted by atomic mass is 16.5. The van der Waals surface area contributed by atoms with Crippen LogP contribution in [0.15, 0.2) is 66.9 Å². The summed E-state index contributed by atoms with van der Waals surface area (Å²) in [7, 11) is 1.65. The van der Waals surface area contributed by atoms with Crippen LogP contribution in [0, 0.1) is 0 Å². The number of aryl methyl sites for hydroxylation is 1. The molecule has 3 aromatic carbocycles. The van der Waals surface area contributed by atoms with Gasteiger partial charge in [0.2, 0.25) is 0 Å². The van der Waals surface area contributed by atoms with Gasteiger partial charge in [-0.2, -0.15) is 5.10 Å². The number of ether oxygens (including phenoxy) is 3. The fraction of sp³-hybridized carbons (Fsp3) is 0.281. The Labute approximate surface area is 233 Å². The van der Waals surface area contributed by atoms with E-state index < -0.39 is 0 Å². The number of esters is 1. The van der Waals surface area contributed by atoms with E-state index in [1.165, 1.54) is 0 Å². The van der Waals surface area contributed by atoms with E-state index in [-0.39, 0.29) is 19.0 Å². The predicted molar refractivity (Wildman–Crippen MR) is 157 cm³/mol. The molecule has 0 saturated heterocycles. The van der Waals surface area contributed by atoms with Gasteiger partial charge in [0.25, 0.3) is 0 Å². The van der Waals surface area contributed by atoms with Crippen molar-refractivity contribution in [2.45, 2.75) is 46.4 Å². The smallest absolute Gasteiger partial charge is 0.310 e. The molecule has 8 heteroatoms. The van der Waals surface area contributed by atoms with Gasteiger partial charge in [-0.25, -0.2) is 4.98 Å². The Morgan fingerprint density at radius 3 is 2.65 bits per heavy atom. The highest BCUT2D eigenvalue weighted by molar-refractivity contribution is 6.02. The quantitative estimate of drug-likeness (QED) is 0.204. The summed E-state index contributed by atoms with van der Waals surface area (Å²) in [6, 6.07) is 20.2. The van der Waals surface area contributed by atoms with Crippen molar-refractivity contribution in [1.82, 2.24) is 14.8 Å². The molecule has 5 aromatic rings. The summed E-state index contributed by atoms with van der Waals surface area (Å²) < 4.78 is 18.9. The largest absolute Gasteiger partial charge is 0.487 e. The molecule has 0 aliphatic rings. The number of methoxy groups -OCH3 is 1. The molecule has 5 rings (SSSR count). The molecule has 0 spiro atoms. The van der Waals surface area contributed by atoms with Crippen molar-refractivity contribution in [3.8, 4) is 16.9 Å². The van der Waals surface area contributed by atoms with E-state index in [0.717, 1.165) is 62.6 Å². The van der Waals surface area contributed by atoms with E-state index in [9.17, 15) is 4.79 Å². The summed E-state index contributed by atoms with van der Waals surface area (Å²) >= 11 is 0. The van der Waals surface area contributed by atoms with Gasteiger partial charge >= 0.3 is 5.97 Å². The van der Waals surface area contributed by atoms with Gasteiger partial charge in [-0.3, -0.25) is 9.48 Å². The van der Waals surface area contributed by atoms with Crippen LogP contribution < -0.4 is 10.5 Å². The summed E-state index contributed by atoms with van der Waals surface area (Å²) in [5, 5.41) is 7.92. The minimum Gasteiger partial charge on any atom is -0.487 e. The van der Waals surface area contributed by atoms with Crippen LogP contribution in [-0.2, 0) is 40.4 Å². The lowest BCUT2D eigenvalue weighted by molar-refractivity contribution is -0.142. The molecular weight excluding hydrogens is 504 g/mol. The summed E-state index contributed by atoms with van der Waals surface area (Å²) in [5.41, 5.74) is 11.9. The fourth-order valence-electron chi connectivity index (χ4n) is 5.03. The molecule has 0 fully saturated rings. The molecule has 0 amide bonds. The van der Waals surface area contributed by atoms with Crippen molar-refractivity contribution in [2.75, 3.05) is 19.5 Å². The Hall–Kier alpha value is -4.43.